The molecule has 0 spiro atoms. The third-order valence-electron chi connectivity index (χ3n) is 3.36. The molecule has 3 rings (SSSR count). The van der Waals surface area contributed by atoms with Gasteiger partial charge >= 0.3 is 0 Å². The normalized spacial score (nSPS) is 10.6. The van der Waals surface area contributed by atoms with Crippen LogP contribution in [0.4, 0.5) is 0 Å². The molecule has 9 heteroatoms. The van der Waals surface area contributed by atoms with Crippen LogP contribution in [0.25, 0.3) is 16.9 Å². The second-order valence-electron chi connectivity index (χ2n) is 5.03. The molecule has 0 fully saturated rings. The minimum absolute atomic E-state index is 0.0319. The quantitative estimate of drug-likeness (QED) is 0.708. The van der Waals surface area contributed by atoms with Gasteiger partial charge in [0.1, 0.15) is 17.5 Å². The average molecular weight is 361 g/mol. The number of rotatable bonds is 5. The zero-order chi connectivity index (χ0) is 17.8. The highest BCUT2D eigenvalue weighted by atomic mass is 35.5. The molecule has 0 bridgehead atoms. The average Bonchev–Trinajstić information content (AvgIpc) is 3.15. The molecule has 1 aromatic carbocycles. The summed E-state index contributed by atoms with van der Waals surface area (Å²) in [4.78, 5) is 24.9. The Morgan fingerprint density at radius 3 is 2.72 bits per heavy atom. The predicted molar refractivity (Wildman–Crippen MR) is 89.8 cm³/mol. The highest BCUT2D eigenvalue weighted by molar-refractivity contribution is 6.30. The first-order valence-corrected chi connectivity index (χ1v) is 7.67. The number of amides is 1. The van der Waals surface area contributed by atoms with E-state index in [1.54, 1.807) is 24.3 Å². The maximum Gasteiger partial charge on any atom is 0.284 e. The molecule has 8 nitrogen and oxygen atoms in total. The van der Waals surface area contributed by atoms with Crippen molar-refractivity contribution in [1.82, 2.24) is 20.3 Å². The van der Waals surface area contributed by atoms with Crippen LogP contribution < -0.4 is 10.9 Å². The largest absolute Gasteiger partial charge is 0.395 e. The Morgan fingerprint density at radius 2 is 2.08 bits per heavy atom. The number of hydrogen-bond acceptors (Lipinski definition) is 6. The van der Waals surface area contributed by atoms with Gasteiger partial charge in [-0.1, -0.05) is 28.9 Å². The van der Waals surface area contributed by atoms with Gasteiger partial charge in [-0.25, -0.2) is 0 Å². The van der Waals surface area contributed by atoms with Crippen molar-refractivity contribution in [3.8, 4) is 16.9 Å². The molecule has 0 radical (unpaired) electrons. The first kappa shape index (κ1) is 16.9. The molecule has 3 aromatic rings. The second-order valence-corrected chi connectivity index (χ2v) is 5.47. The zero-order valence-corrected chi connectivity index (χ0v) is 13.6. The molecule has 128 valence electrons. The smallest absolute Gasteiger partial charge is 0.284 e. The molecule has 0 unspecified atom stereocenters. The van der Waals surface area contributed by atoms with E-state index in [1.165, 1.54) is 18.5 Å². The summed E-state index contributed by atoms with van der Waals surface area (Å²) in [7, 11) is 0. The van der Waals surface area contributed by atoms with E-state index in [1.807, 2.05) is 0 Å². The summed E-state index contributed by atoms with van der Waals surface area (Å²) >= 11 is 5.89. The van der Waals surface area contributed by atoms with E-state index in [4.69, 9.17) is 21.2 Å². The van der Waals surface area contributed by atoms with Gasteiger partial charge < -0.3 is 14.9 Å². The summed E-state index contributed by atoms with van der Waals surface area (Å²) in [5.74, 6) is -0.609. The number of nitrogens with zero attached hydrogens (tertiary/aromatic N) is 3. The van der Waals surface area contributed by atoms with Crippen LogP contribution in [0.1, 0.15) is 10.4 Å². The van der Waals surface area contributed by atoms with Gasteiger partial charge in [-0.3, -0.25) is 9.59 Å². The lowest BCUT2D eigenvalue weighted by Crippen LogP contribution is -2.35. The minimum Gasteiger partial charge on any atom is -0.395 e. The summed E-state index contributed by atoms with van der Waals surface area (Å²) < 4.78 is 5.79. The lowest BCUT2D eigenvalue weighted by molar-refractivity contribution is 0.0942. The summed E-state index contributed by atoms with van der Waals surface area (Å²) in [5.41, 5.74) is 0.611. The fourth-order valence-electron chi connectivity index (χ4n) is 2.16. The third kappa shape index (κ3) is 3.59. The van der Waals surface area contributed by atoms with E-state index >= 15 is 0 Å². The molecule has 0 aliphatic carbocycles. The number of benzene rings is 1. The number of carbonyl (C=O) groups is 1. The molecular weight excluding hydrogens is 348 g/mol. The Labute approximate surface area is 146 Å². The van der Waals surface area contributed by atoms with Gasteiger partial charge in [-0.15, -0.1) is 0 Å². The van der Waals surface area contributed by atoms with Crippen molar-refractivity contribution < 1.29 is 14.4 Å². The van der Waals surface area contributed by atoms with E-state index in [9.17, 15) is 9.59 Å². The van der Waals surface area contributed by atoms with Gasteiger partial charge in [0.25, 0.3) is 11.5 Å². The van der Waals surface area contributed by atoms with Gasteiger partial charge in [0.15, 0.2) is 0 Å². The molecule has 25 heavy (non-hydrogen) atoms. The monoisotopic (exact) mass is 360 g/mol. The SMILES string of the molecule is O=C(NCCO)c1cc(-c2ccc(Cl)cc2)nn(-c2cnoc2)c1=O. The van der Waals surface area contributed by atoms with E-state index in [0.717, 1.165) is 4.68 Å². The van der Waals surface area contributed by atoms with Crippen LogP contribution in [0.2, 0.25) is 5.02 Å². The number of nitrogens with one attached hydrogen (secondary N) is 1. The fraction of sp³-hybridized carbons (Fsp3) is 0.125. The van der Waals surface area contributed by atoms with Crippen LogP contribution in [0.5, 0.6) is 0 Å². The molecule has 1 amide bonds. The number of halogens is 1. The molecule has 0 saturated heterocycles. The molecule has 2 heterocycles. The maximum absolute atomic E-state index is 12.6. The van der Waals surface area contributed by atoms with Crippen molar-refractivity contribution in [2.45, 2.75) is 0 Å². The van der Waals surface area contributed by atoms with Crippen LogP contribution in [0.15, 0.2) is 52.1 Å². The highest BCUT2D eigenvalue weighted by Crippen LogP contribution is 2.20. The van der Waals surface area contributed by atoms with Gasteiger partial charge in [-0.05, 0) is 18.2 Å². The van der Waals surface area contributed by atoms with Crippen molar-refractivity contribution in [2.24, 2.45) is 0 Å². The molecule has 0 saturated carbocycles. The Morgan fingerprint density at radius 1 is 1.32 bits per heavy atom. The summed E-state index contributed by atoms with van der Waals surface area (Å²) in [6.07, 6.45) is 2.56. The third-order valence-corrected chi connectivity index (χ3v) is 3.61. The topological polar surface area (TPSA) is 110 Å². The summed E-state index contributed by atoms with van der Waals surface area (Å²) in [6, 6.07) is 8.20. The standard InChI is InChI=1S/C16H13ClN4O4/c17-11-3-1-10(2-4-11)14-7-13(15(23)18-5-6-22)16(24)21(20-14)12-8-19-25-9-12/h1-4,7-9,22H,5-6H2,(H,18,23). The van der Waals surface area contributed by atoms with Crippen LogP contribution in [-0.2, 0) is 0 Å². The molecule has 2 aromatic heterocycles. The van der Waals surface area contributed by atoms with E-state index in [0.29, 0.717) is 16.3 Å². The molecular formula is C16H13ClN4O4. The lowest BCUT2D eigenvalue weighted by Gasteiger charge is -2.09. The Bertz CT molecular complexity index is 936. The fourth-order valence-corrected chi connectivity index (χ4v) is 2.29. The van der Waals surface area contributed by atoms with Crippen LogP contribution >= 0.6 is 11.6 Å². The minimum atomic E-state index is -0.628. The van der Waals surface area contributed by atoms with Crippen LogP contribution in [0.3, 0.4) is 0 Å². The molecule has 0 aliphatic rings. The number of aliphatic hydroxyl groups is 1. The van der Waals surface area contributed by atoms with E-state index < -0.39 is 11.5 Å². The van der Waals surface area contributed by atoms with Crippen LogP contribution in [-0.4, -0.2) is 39.1 Å². The lowest BCUT2D eigenvalue weighted by atomic mass is 10.1. The van der Waals surface area contributed by atoms with E-state index in [-0.39, 0.29) is 24.4 Å². The van der Waals surface area contributed by atoms with Gasteiger partial charge in [0, 0.05) is 17.1 Å². The van der Waals surface area contributed by atoms with Crippen molar-refractivity contribution >= 4 is 17.5 Å². The number of aliphatic hydroxyl groups excluding tert-OH is 1. The second kappa shape index (κ2) is 7.29. The number of carbonyl (C=O) groups excluding carboxylic acids is 1. The Kier molecular flexibility index (Phi) is 4.92. The molecule has 0 aliphatic heterocycles. The maximum atomic E-state index is 12.6. The van der Waals surface area contributed by atoms with Crippen molar-refractivity contribution in [3.05, 3.63) is 63.7 Å². The van der Waals surface area contributed by atoms with Crippen molar-refractivity contribution in [3.63, 3.8) is 0 Å². The zero-order valence-electron chi connectivity index (χ0n) is 12.8. The van der Waals surface area contributed by atoms with E-state index in [2.05, 4.69) is 15.6 Å². The van der Waals surface area contributed by atoms with Gasteiger partial charge in [-0.2, -0.15) is 9.78 Å². The Balaban J connectivity index is 2.15. The Hall–Kier alpha value is -2.97. The number of hydrogen-bond donors (Lipinski definition) is 2. The summed E-state index contributed by atoms with van der Waals surface area (Å²) in [6.45, 7) is -0.204. The molecule has 2 N–H and O–H groups in total. The first-order valence-electron chi connectivity index (χ1n) is 7.29. The molecule has 0 atom stereocenters. The van der Waals surface area contributed by atoms with Crippen molar-refractivity contribution in [1.29, 1.82) is 0 Å². The van der Waals surface area contributed by atoms with Gasteiger partial charge in [0.2, 0.25) is 0 Å². The van der Waals surface area contributed by atoms with Crippen LogP contribution in [0, 0.1) is 0 Å². The van der Waals surface area contributed by atoms with Gasteiger partial charge in [0.05, 0.1) is 18.5 Å². The first-order chi connectivity index (χ1) is 12.1. The number of aromatic nitrogens is 3. The highest BCUT2D eigenvalue weighted by Gasteiger charge is 2.18. The predicted octanol–water partition coefficient (Wildman–Crippen LogP) is 1.26. The summed E-state index contributed by atoms with van der Waals surface area (Å²) in [5, 5.41) is 19.7. The van der Waals surface area contributed by atoms with Crippen molar-refractivity contribution in [2.75, 3.05) is 13.2 Å².